The van der Waals surface area contributed by atoms with Crippen molar-refractivity contribution in [1.82, 2.24) is 10.6 Å². The molecule has 0 bridgehead atoms. The van der Waals surface area contributed by atoms with Crippen LogP contribution in [-0.4, -0.2) is 31.0 Å². The fourth-order valence-corrected chi connectivity index (χ4v) is 3.37. The highest BCUT2D eigenvalue weighted by atomic mass is 32.2. The summed E-state index contributed by atoms with van der Waals surface area (Å²) in [5.41, 5.74) is 1.95. The average Bonchev–Trinajstić information content (AvgIpc) is 2.92. The summed E-state index contributed by atoms with van der Waals surface area (Å²) in [5, 5.41) is 6.12. The van der Waals surface area contributed by atoms with Gasteiger partial charge < -0.3 is 10.6 Å². The van der Waals surface area contributed by atoms with Crippen LogP contribution in [0.15, 0.2) is 24.3 Å². The number of carbonyl (C=O) groups is 1. The first-order chi connectivity index (χ1) is 8.79. The minimum atomic E-state index is -0.0301. The largest absolute Gasteiger partial charge is 0.355 e. The molecule has 2 rings (SSSR count). The number of hydrogen-bond donors (Lipinski definition) is 2. The molecule has 0 spiro atoms. The van der Waals surface area contributed by atoms with Gasteiger partial charge in [0.1, 0.15) is 0 Å². The lowest BCUT2D eigenvalue weighted by Crippen LogP contribution is -2.22. The summed E-state index contributed by atoms with van der Waals surface area (Å²) in [7, 11) is 1.65. The number of rotatable bonds is 5. The van der Waals surface area contributed by atoms with Gasteiger partial charge in [-0.2, -0.15) is 11.8 Å². The number of hydrogen-bond acceptors (Lipinski definition) is 3. The van der Waals surface area contributed by atoms with E-state index < -0.39 is 0 Å². The van der Waals surface area contributed by atoms with Gasteiger partial charge in [-0.15, -0.1) is 0 Å². The Hall–Kier alpha value is -1.00. The Morgan fingerprint density at radius 3 is 2.78 bits per heavy atom. The van der Waals surface area contributed by atoms with Gasteiger partial charge in [-0.3, -0.25) is 4.79 Å². The van der Waals surface area contributed by atoms with Gasteiger partial charge in [-0.1, -0.05) is 12.1 Å². The molecule has 4 heteroatoms. The summed E-state index contributed by atoms with van der Waals surface area (Å²) in [5.74, 6) is 3.41. The molecule has 1 heterocycles. The molecule has 0 aromatic heterocycles. The van der Waals surface area contributed by atoms with Gasteiger partial charge in [0, 0.05) is 19.2 Å². The third kappa shape index (κ3) is 3.75. The molecular weight excluding hydrogens is 244 g/mol. The Labute approximate surface area is 113 Å². The molecule has 1 aliphatic rings. The van der Waals surface area contributed by atoms with Crippen LogP contribution in [0, 0.1) is 5.92 Å². The SMILES string of the molecule is CNC(=O)c1ccc(CNCC2CCSC2)cc1. The fraction of sp³-hybridized carbons (Fsp3) is 0.500. The van der Waals surface area contributed by atoms with Crippen LogP contribution in [0.1, 0.15) is 22.3 Å². The second-order valence-corrected chi connectivity index (χ2v) is 5.79. The molecule has 1 fully saturated rings. The van der Waals surface area contributed by atoms with E-state index in [9.17, 15) is 4.79 Å². The summed E-state index contributed by atoms with van der Waals surface area (Å²) in [6.07, 6.45) is 1.34. The average molecular weight is 264 g/mol. The molecule has 0 saturated carbocycles. The first kappa shape index (κ1) is 13.4. The highest BCUT2D eigenvalue weighted by Crippen LogP contribution is 2.22. The van der Waals surface area contributed by atoms with Crippen LogP contribution in [0.4, 0.5) is 0 Å². The van der Waals surface area contributed by atoms with Crippen molar-refractivity contribution in [3.63, 3.8) is 0 Å². The molecule has 1 aromatic rings. The van der Waals surface area contributed by atoms with Crippen molar-refractivity contribution in [3.05, 3.63) is 35.4 Å². The highest BCUT2D eigenvalue weighted by molar-refractivity contribution is 7.99. The molecule has 1 saturated heterocycles. The van der Waals surface area contributed by atoms with E-state index in [-0.39, 0.29) is 5.91 Å². The predicted molar refractivity (Wildman–Crippen MR) is 77.0 cm³/mol. The maximum atomic E-state index is 11.4. The van der Waals surface area contributed by atoms with Crippen molar-refractivity contribution in [2.75, 3.05) is 25.1 Å². The summed E-state index contributed by atoms with van der Waals surface area (Å²) in [4.78, 5) is 11.4. The summed E-state index contributed by atoms with van der Waals surface area (Å²) in [6, 6.07) is 7.78. The lowest BCUT2D eigenvalue weighted by molar-refractivity contribution is 0.0963. The Morgan fingerprint density at radius 2 is 2.17 bits per heavy atom. The molecule has 98 valence electrons. The van der Waals surface area contributed by atoms with Gasteiger partial charge in [-0.25, -0.2) is 0 Å². The Bertz CT molecular complexity index is 385. The molecule has 1 amide bonds. The van der Waals surface area contributed by atoms with Gasteiger partial charge >= 0.3 is 0 Å². The number of benzene rings is 1. The molecule has 2 N–H and O–H groups in total. The Balaban J connectivity index is 1.77. The molecule has 1 aromatic carbocycles. The molecule has 1 atom stereocenters. The van der Waals surface area contributed by atoms with Gasteiger partial charge in [0.15, 0.2) is 0 Å². The van der Waals surface area contributed by atoms with Crippen molar-refractivity contribution in [3.8, 4) is 0 Å². The van der Waals surface area contributed by atoms with Crippen LogP contribution < -0.4 is 10.6 Å². The third-order valence-corrected chi connectivity index (χ3v) is 4.46. The molecule has 18 heavy (non-hydrogen) atoms. The van der Waals surface area contributed by atoms with Gasteiger partial charge in [0.05, 0.1) is 0 Å². The van der Waals surface area contributed by atoms with E-state index >= 15 is 0 Å². The zero-order valence-corrected chi connectivity index (χ0v) is 11.6. The van der Waals surface area contributed by atoms with Crippen LogP contribution >= 0.6 is 11.8 Å². The quantitative estimate of drug-likeness (QED) is 0.853. The zero-order chi connectivity index (χ0) is 12.8. The number of nitrogens with one attached hydrogen (secondary N) is 2. The standard InChI is InChI=1S/C14H20N2OS/c1-15-14(17)13-4-2-11(3-5-13)8-16-9-12-6-7-18-10-12/h2-5,12,16H,6-10H2,1H3,(H,15,17). The second-order valence-electron chi connectivity index (χ2n) is 4.64. The van der Waals surface area contributed by atoms with Crippen LogP contribution in [0.25, 0.3) is 0 Å². The maximum Gasteiger partial charge on any atom is 0.251 e. The Morgan fingerprint density at radius 1 is 1.39 bits per heavy atom. The topological polar surface area (TPSA) is 41.1 Å². The lowest BCUT2D eigenvalue weighted by atomic mass is 10.1. The van der Waals surface area contributed by atoms with Gasteiger partial charge in [0.25, 0.3) is 5.91 Å². The minimum absolute atomic E-state index is 0.0301. The molecule has 1 unspecified atom stereocenters. The fourth-order valence-electron chi connectivity index (χ4n) is 2.08. The maximum absolute atomic E-state index is 11.4. The van der Waals surface area contributed by atoms with Gasteiger partial charge in [0.2, 0.25) is 0 Å². The first-order valence-electron chi connectivity index (χ1n) is 6.39. The number of thioether (sulfide) groups is 1. The molecule has 1 aliphatic heterocycles. The van der Waals surface area contributed by atoms with Crippen molar-refractivity contribution in [2.45, 2.75) is 13.0 Å². The van der Waals surface area contributed by atoms with Crippen molar-refractivity contribution in [2.24, 2.45) is 5.92 Å². The highest BCUT2D eigenvalue weighted by Gasteiger charge is 2.14. The van der Waals surface area contributed by atoms with Crippen LogP contribution in [0.5, 0.6) is 0 Å². The number of amides is 1. The monoisotopic (exact) mass is 264 g/mol. The second kappa shape index (κ2) is 6.81. The van der Waals surface area contributed by atoms with E-state index in [1.807, 2.05) is 24.3 Å². The molecule has 0 aliphatic carbocycles. The summed E-state index contributed by atoms with van der Waals surface area (Å²) in [6.45, 7) is 1.99. The molecule has 0 radical (unpaired) electrons. The van der Waals surface area contributed by atoms with E-state index in [0.717, 1.165) is 19.0 Å². The zero-order valence-electron chi connectivity index (χ0n) is 10.7. The molecular formula is C14H20N2OS. The Kier molecular flexibility index (Phi) is 5.08. The number of carbonyl (C=O) groups excluding carboxylic acids is 1. The van der Waals surface area contributed by atoms with E-state index in [4.69, 9.17) is 0 Å². The van der Waals surface area contributed by atoms with E-state index in [2.05, 4.69) is 22.4 Å². The molecule has 3 nitrogen and oxygen atoms in total. The van der Waals surface area contributed by atoms with Crippen LogP contribution in [0.3, 0.4) is 0 Å². The first-order valence-corrected chi connectivity index (χ1v) is 7.54. The van der Waals surface area contributed by atoms with E-state index in [1.165, 1.54) is 23.5 Å². The lowest BCUT2D eigenvalue weighted by Gasteiger charge is -2.10. The van der Waals surface area contributed by atoms with Crippen LogP contribution in [-0.2, 0) is 6.54 Å². The predicted octanol–water partition coefficient (Wildman–Crippen LogP) is 1.89. The summed E-state index contributed by atoms with van der Waals surface area (Å²) < 4.78 is 0. The van der Waals surface area contributed by atoms with E-state index in [0.29, 0.717) is 5.56 Å². The smallest absolute Gasteiger partial charge is 0.251 e. The van der Waals surface area contributed by atoms with Crippen molar-refractivity contribution < 1.29 is 4.79 Å². The van der Waals surface area contributed by atoms with Crippen LogP contribution in [0.2, 0.25) is 0 Å². The normalized spacial score (nSPS) is 18.8. The van der Waals surface area contributed by atoms with Crippen molar-refractivity contribution >= 4 is 17.7 Å². The van der Waals surface area contributed by atoms with E-state index in [1.54, 1.807) is 7.05 Å². The summed E-state index contributed by atoms with van der Waals surface area (Å²) >= 11 is 2.05. The van der Waals surface area contributed by atoms with Crippen molar-refractivity contribution in [1.29, 1.82) is 0 Å². The minimum Gasteiger partial charge on any atom is -0.355 e. The van der Waals surface area contributed by atoms with Gasteiger partial charge in [-0.05, 0) is 48.1 Å². The third-order valence-electron chi connectivity index (χ3n) is 3.23.